The number of aromatic nitrogens is 4. The molecule has 0 radical (unpaired) electrons. The van der Waals surface area contributed by atoms with E-state index in [0.717, 1.165) is 24.9 Å². The molecule has 4 heterocycles. The summed E-state index contributed by atoms with van der Waals surface area (Å²) in [5, 5.41) is 13.6. The number of ether oxygens (including phenoxy) is 2. The summed E-state index contributed by atoms with van der Waals surface area (Å²) in [6.45, 7) is 5.53. The Kier molecular flexibility index (Phi) is 4.00. The number of benzene rings is 1. The minimum Gasteiger partial charge on any atom is -0.425 e. The van der Waals surface area contributed by atoms with Crippen LogP contribution in [0.5, 0.6) is 11.6 Å². The first-order valence-corrected chi connectivity index (χ1v) is 11.5. The van der Waals surface area contributed by atoms with Crippen LogP contribution in [-0.2, 0) is 16.0 Å². The van der Waals surface area contributed by atoms with Crippen LogP contribution >= 0.6 is 0 Å². The fourth-order valence-electron chi connectivity index (χ4n) is 5.51. The van der Waals surface area contributed by atoms with Crippen molar-refractivity contribution >= 4 is 22.8 Å². The molecule has 3 unspecified atom stereocenters. The van der Waals surface area contributed by atoms with Crippen molar-refractivity contribution in [2.75, 3.05) is 19.6 Å². The Morgan fingerprint density at radius 1 is 1.09 bits per heavy atom. The zero-order valence-corrected chi connectivity index (χ0v) is 18.1. The normalized spacial score (nSPS) is 27.2. The maximum atomic E-state index is 11.8. The van der Waals surface area contributed by atoms with E-state index in [2.05, 4.69) is 20.2 Å². The fraction of sp³-hybridized carbons (Fsp3) is 0.522. The van der Waals surface area contributed by atoms with Crippen LogP contribution in [0.1, 0.15) is 43.5 Å². The van der Waals surface area contributed by atoms with Gasteiger partial charge >= 0.3 is 11.9 Å². The van der Waals surface area contributed by atoms with Crippen LogP contribution in [0.2, 0.25) is 0 Å². The average molecular weight is 449 g/mol. The van der Waals surface area contributed by atoms with Gasteiger partial charge in [-0.15, -0.1) is 15.3 Å². The Bertz CT molecular complexity index is 1280. The van der Waals surface area contributed by atoms with E-state index >= 15 is 0 Å². The quantitative estimate of drug-likeness (QED) is 0.317. The summed E-state index contributed by atoms with van der Waals surface area (Å²) in [5.41, 5.74) is 0.699. The second-order valence-corrected chi connectivity index (χ2v) is 9.78. The maximum Gasteiger partial charge on any atom is 0.424 e. The molecule has 33 heavy (non-hydrogen) atoms. The fourth-order valence-corrected chi connectivity index (χ4v) is 5.51. The van der Waals surface area contributed by atoms with Crippen molar-refractivity contribution in [3.8, 4) is 11.6 Å². The molecule has 10 nitrogen and oxygen atoms in total. The van der Waals surface area contributed by atoms with Crippen LogP contribution in [0.15, 0.2) is 22.6 Å². The van der Waals surface area contributed by atoms with Crippen molar-refractivity contribution in [2.24, 2.45) is 17.8 Å². The minimum atomic E-state index is -1.09. The molecule has 0 amide bonds. The predicted octanol–water partition coefficient (Wildman–Crippen LogP) is 2.10. The molecule has 1 aromatic carbocycles. The van der Waals surface area contributed by atoms with Crippen molar-refractivity contribution in [1.82, 2.24) is 24.9 Å². The highest BCUT2D eigenvalue weighted by atomic mass is 16.6. The van der Waals surface area contributed by atoms with Gasteiger partial charge in [-0.25, -0.2) is 9.59 Å². The molecule has 1 saturated heterocycles. The molecule has 3 atom stereocenters. The lowest BCUT2D eigenvalue weighted by molar-refractivity contribution is -0.155. The Balaban J connectivity index is 1.08. The summed E-state index contributed by atoms with van der Waals surface area (Å²) in [5.74, 6) is 2.11. The van der Waals surface area contributed by atoms with Crippen molar-refractivity contribution in [1.29, 1.82) is 0 Å². The molecule has 0 bridgehead atoms. The Morgan fingerprint density at radius 2 is 1.88 bits per heavy atom. The number of carbonyl (C=O) groups excluding carboxylic acids is 2. The van der Waals surface area contributed by atoms with Crippen LogP contribution in [0, 0.1) is 17.8 Å². The number of fused-ring (bicyclic) bond motifs is 1. The van der Waals surface area contributed by atoms with Gasteiger partial charge < -0.3 is 18.8 Å². The largest absolute Gasteiger partial charge is 0.425 e. The molecule has 0 N–H and O–H groups in total. The molecule has 2 aliphatic heterocycles. The molecular formula is C23H23N5O5. The first-order chi connectivity index (χ1) is 16.0. The number of rotatable bonds is 6. The van der Waals surface area contributed by atoms with Crippen LogP contribution in [0.4, 0.5) is 0 Å². The number of piperidine rings is 1. The zero-order valence-electron chi connectivity index (χ0n) is 18.1. The molecule has 0 spiro atoms. The van der Waals surface area contributed by atoms with E-state index in [1.807, 2.05) is 13.0 Å². The summed E-state index contributed by atoms with van der Waals surface area (Å²) in [7, 11) is 0. The van der Waals surface area contributed by atoms with Gasteiger partial charge in [-0.2, -0.15) is 0 Å². The third kappa shape index (κ3) is 3.15. The molecule has 2 aliphatic carbocycles. The van der Waals surface area contributed by atoms with E-state index in [1.165, 1.54) is 19.4 Å². The molecule has 3 fully saturated rings. The van der Waals surface area contributed by atoms with Gasteiger partial charge in [-0.3, -0.25) is 4.68 Å². The number of hydrogen-bond donors (Lipinski definition) is 0. The third-order valence-electron chi connectivity index (χ3n) is 7.36. The van der Waals surface area contributed by atoms with Crippen LogP contribution < -0.4 is 9.47 Å². The van der Waals surface area contributed by atoms with E-state index in [9.17, 15) is 9.59 Å². The van der Waals surface area contributed by atoms with Gasteiger partial charge in [-0.05, 0) is 49.7 Å². The number of esters is 2. The summed E-state index contributed by atoms with van der Waals surface area (Å²) in [4.78, 5) is 26.2. The van der Waals surface area contributed by atoms with Crippen LogP contribution in [0.3, 0.4) is 0 Å². The second kappa shape index (κ2) is 6.86. The zero-order chi connectivity index (χ0) is 22.3. The van der Waals surface area contributed by atoms with E-state index in [-0.39, 0.29) is 17.7 Å². The summed E-state index contributed by atoms with van der Waals surface area (Å²) in [6, 6.07) is 5.06. The van der Waals surface area contributed by atoms with Gasteiger partial charge in [0.15, 0.2) is 0 Å². The highest BCUT2D eigenvalue weighted by molar-refractivity contribution is 6.32. The van der Waals surface area contributed by atoms with Gasteiger partial charge in [0.25, 0.3) is 5.88 Å². The summed E-state index contributed by atoms with van der Waals surface area (Å²) >= 11 is 0. The molecule has 3 aromatic rings. The predicted molar refractivity (Wildman–Crippen MR) is 113 cm³/mol. The number of hydrogen-bond acceptors (Lipinski definition) is 9. The van der Waals surface area contributed by atoms with E-state index < -0.39 is 11.9 Å². The van der Waals surface area contributed by atoms with Crippen molar-refractivity contribution in [2.45, 2.75) is 38.1 Å². The van der Waals surface area contributed by atoms with Gasteiger partial charge in [0.05, 0.1) is 11.6 Å². The smallest absolute Gasteiger partial charge is 0.424 e. The minimum absolute atomic E-state index is 0.0658. The van der Waals surface area contributed by atoms with E-state index in [4.69, 9.17) is 13.9 Å². The first-order valence-electron chi connectivity index (χ1n) is 11.5. The Morgan fingerprint density at radius 3 is 2.67 bits per heavy atom. The molecule has 7 rings (SSSR count). The molecule has 170 valence electrons. The maximum absolute atomic E-state index is 11.8. The Hall–Kier alpha value is -3.27. The van der Waals surface area contributed by atoms with Crippen LogP contribution in [0.25, 0.3) is 10.9 Å². The van der Waals surface area contributed by atoms with Crippen LogP contribution in [-0.4, -0.2) is 56.5 Å². The lowest BCUT2D eigenvalue weighted by Crippen LogP contribution is -2.26. The SMILES string of the molecule is CC(Cc1nnc(C2C3CN(CC4CC4)CC32)o1)n1nc2c3c(cccc31)OC(=O)C(=O)O2. The lowest BCUT2D eigenvalue weighted by Gasteiger charge is -2.17. The highest BCUT2D eigenvalue weighted by Gasteiger charge is 2.59. The first kappa shape index (κ1) is 19.2. The topological polar surface area (TPSA) is 113 Å². The molecule has 2 saturated carbocycles. The van der Waals surface area contributed by atoms with Crippen molar-refractivity contribution in [3.05, 3.63) is 30.0 Å². The van der Waals surface area contributed by atoms with E-state index in [0.29, 0.717) is 41.0 Å². The Labute approximate surface area is 188 Å². The lowest BCUT2D eigenvalue weighted by atomic mass is 10.2. The van der Waals surface area contributed by atoms with Gasteiger partial charge in [0.2, 0.25) is 11.8 Å². The van der Waals surface area contributed by atoms with Crippen molar-refractivity contribution in [3.63, 3.8) is 0 Å². The highest BCUT2D eigenvalue weighted by Crippen LogP contribution is 2.58. The average Bonchev–Trinajstić information content (AvgIpc) is 3.56. The number of carbonyl (C=O) groups is 2. The molecule has 10 heteroatoms. The monoisotopic (exact) mass is 449 g/mol. The summed E-state index contributed by atoms with van der Waals surface area (Å²) in [6.07, 6.45) is 3.27. The summed E-state index contributed by atoms with van der Waals surface area (Å²) < 4.78 is 18.1. The van der Waals surface area contributed by atoms with Gasteiger partial charge in [0, 0.05) is 32.0 Å². The second-order valence-electron chi connectivity index (χ2n) is 9.78. The van der Waals surface area contributed by atoms with Gasteiger partial charge in [-0.1, -0.05) is 6.07 Å². The van der Waals surface area contributed by atoms with E-state index in [1.54, 1.807) is 16.8 Å². The standard InChI is InChI=1S/C23H23N5O5/c1-11(28-15-3-2-4-16-19(15)21(26-28)33-23(30)22(29)31-16)7-17-24-25-20(32-17)18-13-9-27(10-14(13)18)8-12-5-6-12/h2-4,11-14,18H,5-10H2,1H3. The molecular weight excluding hydrogens is 426 g/mol. The number of nitrogens with zero attached hydrogens (tertiary/aromatic N) is 5. The molecule has 4 aliphatic rings. The van der Waals surface area contributed by atoms with Crippen molar-refractivity contribution < 1.29 is 23.5 Å². The molecule has 2 aromatic heterocycles. The number of likely N-dealkylation sites (tertiary alicyclic amines) is 1. The van der Waals surface area contributed by atoms with Gasteiger partial charge in [0.1, 0.15) is 11.1 Å². The third-order valence-corrected chi connectivity index (χ3v) is 7.36.